The molecule has 1 saturated heterocycles. The predicted molar refractivity (Wildman–Crippen MR) is 66.3 cm³/mol. The van der Waals surface area contributed by atoms with Gasteiger partial charge >= 0.3 is 5.97 Å². The minimum Gasteiger partial charge on any atom is -0.478 e. The van der Waals surface area contributed by atoms with Crippen LogP contribution in [0.4, 0.5) is 0 Å². The van der Waals surface area contributed by atoms with Crippen molar-refractivity contribution in [2.24, 2.45) is 0 Å². The summed E-state index contributed by atoms with van der Waals surface area (Å²) in [7, 11) is 0. The molecule has 0 atom stereocenters. The number of nitrogens with zero attached hydrogens (tertiary/aromatic N) is 1. The first-order valence-corrected chi connectivity index (χ1v) is 6.06. The maximum Gasteiger partial charge on any atom is 0.335 e. The lowest BCUT2D eigenvalue weighted by Gasteiger charge is -2.26. The van der Waals surface area contributed by atoms with Gasteiger partial charge in [-0.3, -0.25) is 10.2 Å². The van der Waals surface area contributed by atoms with Crippen molar-refractivity contribution in [2.75, 3.05) is 13.1 Å². The fraction of sp³-hybridized carbons (Fsp3) is 0.385. The highest BCUT2D eigenvalue weighted by Gasteiger charge is 2.14. The van der Waals surface area contributed by atoms with E-state index in [1.165, 1.54) is 30.7 Å². The number of carboxylic acid groups (broad SMARTS) is 1. The fourth-order valence-corrected chi connectivity index (χ4v) is 1.98. The number of carbonyl (C=O) groups excluding carboxylic acids is 1. The van der Waals surface area contributed by atoms with Gasteiger partial charge in [0.2, 0.25) is 0 Å². The molecule has 1 aromatic carbocycles. The molecule has 0 unspecified atom stereocenters. The number of nitrogens with one attached hydrogen (secondary N) is 1. The molecular weight excluding hydrogens is 232 g/mol. The van der Waals surface area contributed by atoms with Gasteiger partial charge in [-0.1, -0.05) is 6.42 Å². The quantitative estimate of drug-likeness (QED) is 0.850. The van der Waals surface area contributed by atoms with Crippen molar-refractivity contribution in [3.8, 4) is 0 Å². The third-order valence-electron chi connectivity index (χ3n) is 3.01. The number of amides is 1. The van der Waals surface area contributed by atoms with E-state index < -0.39 is 5.97 Å². The van der Waals surface area contributed by atoms with Crippen molar-refractivity contribution in [3.05, 3.63) is 35.4 Å². The molecule has 0 bridgehead atoms. The number of hydrogen-bond acceptors (Lipinski definition) is 3. The van der Waals surface area contributed by atoms with Gasteiger partial charge in [-0.05, 0) is 37.1 Å². The molecule has 2 N–H and O–H groups in total. The van der Waals surface area contributed by atoms with Gasteiger partial charge in [0.05, 0.1) is 5.56 Å². The van der Waals surface area contributed by atoms with Crippen molar-refractivity contribution in [2.45, 2.75) is 19.3 Å². The minimum absolute atomic E-state index is 0.185. The third kappa shape index (κ3) is 3.07. The molecule has 1 aliphatic heterocycles. The molecule has 18 heavy (non-hydrogen) atoms. The van der Waals surface area contributed by atoms with Crippen LogP contribution in [0.5, 0.6) is 0 Å². The second-order valence-corrected chi connectivity index (χ2v) is 4.37. The summed E-state index contributed by atoms with van der Waals surface area (Å²) in [5, 5.41) is 10.7. The van der Waals surface area contributed by atoms with Crippen LogP contribution in [0.25, 0.3) is 0 Å². The Morgan fingerprint density at radius 3 is 2.11 bits per heavy atom. The number of benzene rings is 1. The van der Waals surface area contributed by atoms with E-state index in [4.69, 9.17) is 5.11 Å². The average Bonchev–Trinajstić information content (AvgIpc) is 2.40. The lowest BCUT2D eigenvalue weighted by Crippen LogP contribution is -2.45. The number of piperidine rings is 1. The number of rotatable bonds is 3. The molecule has 0 spiro atoms. The molecule has 2 rings (SSSR count). The molecule has 0 radical (unpaired) electrons. The molecule has 1 heterocycles. The Bertz CT molecular complexity index is 436. The smallest absolute Gasteiger partial charge is 0.335 e. The molecule has 0 aliphatic carbocycles. The first-order chi connectivity index (χ1) is 8.66. The van der Waals surface area contributed by atoms with Crippen LogP contribution in [0.2, 0.25) is 0 Å². The van der Waals surface area contributed by atoms with Crippen molar-refractivity contribution in [1.82, 2.24) is 10.4 Å². The Labute approximate surface area is 105 Å². The Balaban J connectivity index is 1.97. The Hall–Kier alpha value is -1.88. The van der Waals surface area contributed by atoms with E-state index in [2.05, 4.69) is 5.43 Å². The molecule has 1 amide bonds. The Kier molecular flexibility index (Phi) is 3.94. The summed E-state index contributed by atoms with van der Waals surface area (Å²) in [4.78, 5) is 22.6. The Morgan fingerprint density at radius 1 is 1.00 bits per heavy atom. The summed E-state index contributed by atoms with van der Waals surface area (Å²) in [6.45, 7) is 1.75. The first-order valence-electron chi connectivity index (χ1n) is 6.06. The molecule has 1 aliphatic rings. The van der Waals surface area contributed by atoms with Gasteiger partial charge in [-0.2, -0.15) is 0 Å². The van der Waals surface area contributed by atoms with Gasteiger partial charge in [0, 0.05) is 18.7 Å². The summed E-state index contributed by atoms with van der Waals surface area (Å²) in [5.41, 5.74) is 3.49. The SMILES string of the molecule is O=C(O)c1ccc(C(=O)NN2CCCCC2)cc1. The number of carboxylic acids is 1. The van der Waals surface area contributed by atoms with E-state index in [1.807, 2.05) is 5.01 Å². The second kappa shape index (κ2) is 5.64. The van der Waals surface area contributed by atoms with E-state index >= 15 is 0 Å². The molecule has 5 heteroatoms. The van der Waals surface area contributed by atoms with Crippen molar-refractivity contribution in [1.29, 1.82) is 0 Å². The van der Waals surface area contributed by atoms with Crippen molar-refractivity contribution >= 4 is 11.9 Å². The van der Waals surface area contributed by atoms with Crippen LogP contribution >= 0.6 is 0 Å². The van der Waals surface area contributed by atoms with E-state index in [0.717, 1.165) is 25.9 Å². The summed E-state index contributed by atoms with van der Waals surface area (Å²) in [6, 6.07) is 5.94. The highest BCUT2D eigenvalue weighted by molar-refractivity contribution is 5.95. The fourth-order valence-electron chi connectivity index (χ4n) is 1.98. The van der Waals surface area contributed by atoms with E-state index in [0.29, 0.717) is 5.56 Å². The monoisotopic (exact) mass is 248 g/mol. The summed E-state index contributed by atoms with van der Waals surface area (Å²) in [5.74, 6) is -1.17. The minimum atomic E-state index is -0.988. The molecule has 1 aromatic rings. The van der Waals surface area contributed by atoms with E-state index in [9.17, 15) is 9.59 Å². The van der Waals surface area contributed by atoms with Gasteiger partial charge < -0.3 is 5.11 Å². The van der Waals surface area contributed by atoms with Gasteiger partial charge in [-0.25, -0.2) is 9.80 Å². The number of hydrogen-bond donors (Lipinski definition) is 2. The molecule has 96 valence electrons. The number of carbonyl (C=O) groups is 2. The maximum absolute atomic E-state index is 11.9. The van der Waals surface area contributed by atoms with Crippen LogP contribution in [0.3, 0.4) is 0 Å². The third-order valence-corrected chi connectivity index (χ3v) is 3.01. The molecule has 0 saturated carbocycles. The van der Waals surface area contributed by atoms with Gasteiger partial charge in [0.15, 0.2) is 0 Å². The second-order valence-electron chi connectivity index (χ2n) is 4.37. The zero-order valence-electron chi connectivity index (χ0n) is 10.1. The normalized spacial score (nSPS) is 16.2. The summed E-state index contributed by atoms with van der Waals surface area (Å²) in [6.07, 6.45) is 3.40. The van der Waals surface area contributed by atoms with Crippen LogP contribution < -0.4 is 5.43 Å². The molecular formula is C13H16N2O3. The topological polar surface area (TPSA) is 69.6 Å². The van der Waals surface area contributed by atoms with Crippen LogP contribution in [-0.4, -0.2) is 35.1 Å². The molecule has 0 aromatic heterocycles. The van der Waals surface area contributed by atoms with Crippen LogP contribution in [0.15, 0.2) is 24.3 Å². The molecule has 1 fully saturated rings. The van der Waals surface area contributed by atoms with E-state index in [-0.39, 0.29) is 11.5 Å². The lowest BCUT2D eigenvalue weighted by atomic mass is 10.1. The number of hydrazine groups is 1. The van der Waals surface area contributed by atoms with E-state index in [1.54, 1.807) is 0 Å². The lowest BCUT2D eigenvalue weighted by molar-refractivity contribution is 0.0694. The van der Waals surface area contributed by atoms with Crippen LogP contribution in [-0.2, 0) is 0 Å². The summed E-state index contributed by atoms with van der Waals surface area (Å²) >= 11 is 0. The van der Waals surface area contributed by atoms with Crippen molar-refractivity contribution < 1.29 is 14.7 Å². The standard InChI is InChI=1S/C13H16N2O3/c16-12(14-15-8-2-1-3-9-15)10-4-6-11(7-5-10)13(17)18/h4-7H,1-3,8-9H2,(H,14,16)(H,17,18). The van der Waals surface area contributed by atoms with Crippen molar-refractivity contribution in [3.63, 3.8) is 0 Å². The zero-order valence-corrected chi connectivity index (χ0v) is 10.1. The highest BCUT2D eigenvalue weighted by atomic mass is 16.4. The van der Waals surface area contributed by atoms with Gasteiger partial charge in [-0.15, -0.1) is 0 Å². The molecule has 5 nitrogen and oxygen atoms in total. The average molecular weight is 248 g/mol. The number of aromatic carboxylic acids is 1. The van der Waals surface area contributed by atoms with Crippen LogP contribution in [0, 0.1) is 0 Å². The highest BCUT2D eigenvalue weighted by Crippen LogP contribution is 2.08. The zero-order chi connectivity index (χ0) is 13.0. The largest absolute Gasteiger partial charge is 0.478 e. The van der Waals surface area contributed by atoms with Gasteiger partial charge in [0.25, 0.3) is 5.91 Å². The predicted octanol–water partition coefficient (Wildman–Crippen LogP) is 1.52. The van der Waals surface area contributed by atoms with Crippen LogP contribution in [0.1, 0.15) is 40.0 Å². The first kappa shape index (κ1) is 12.6. The summed E-state index contributed by atoms with van der Waals surface area (Å²) < 4.78 is 0. The Morgan fingerprint density at radius 2 is 1.56 bits per heavy atom. The maximum atomic E-state index is 11.9. The van der Waals surface area contributed by atoms with Gasteiger partial charge in [0.1, 0.15) is 0 Å².